The average molecular weight is 365 g/mol. The molecule has 0 saturated carbocycles. The van der Waals surface area contributed by atoms with Crippen molar-refractivity contribution in [3.8, 4) is 0 Å². The second-order valence-electron chi connectivity index (χ2n) is 4.95. The molecule has 0 amide bonds. The van der Waals surface area contributed by atoms with Crippen molar-refractivity contribution >= 4 is 31.6 Å². The first-order valence-corrected chi connectivity index (χ1v) is 8.71. The zero-order chi connectivity index (χ0) is 15.3. The Hall–Kier alpha value is -0.630. The van der Waals surface area contributed by atoms with Crippen LogP contribution in [0.2, 0.25) is 0 Å². The predicted molar refractivity (Wildman–Crippen MR) is 84.0 cm³/mol. The molecule has 0 spiro atoms. The Bertz CT molecular complexity index is 561. The molecule has 4 N–H and O–H groups in total. The topological polar surface area (TPSA) is 92.4 Å². The molecule has 1 aromatic rings. The molecule has 5 nitrogen and oxygen atoms in total. The van der Waals surface area contributed by atoms with Crippen molar-refractivity contribution in [3.05, 3.63) is 22.2 Å². The Kier molecular flexibility index (Phi) is 6.44. The standard InChI is InChI=1S/C13H21BrN2O3S/c1-9(8-17)4-3-5-16-20(18,19)13-7-11(14)6-12(15)10(13)2/h6-7,9,16-17H,3-5,8,15H2,1-2H3. The molecule has 0 aliphatic carbocycles. The summed E-state index contributed by atoms with van der Waals surface area (Å²) in [5.41, 5.74) is 6.77. The Morgan fingerprint density at radius 1 is 1.45 bits per heavy atom. The van der Waals surface area contributed by atoms with Crippen molar-refractivity contribution in [1.29, 1.82) is 0 Å². The third-order valence-electron chi connectivity index (χ3n) is 3.13. The summed E-state index contributed by atoms with van der Waals surface area (Å²) in [5.74, 6) is 0.183. The fraction of sp³-hybridized carbons (Fsp3) is 0.538. The number of halogens is 1. The van der Waals surface area contributed by atoms with Crippen LogP contribution in [0, 0.1) is 12.8 Å². The van der Waals surface area contributed by atoms with Gasteiger partial charge in [-0.05, 0) is 43.4 Å². The lowest BCUT2D eigenvalue weighted by Gasteiger charge is -2.12. The maximum absolute atomic E-state index is 12.2. The number of nitrogens with two attached hydrogens (primary N) is 1. The molecule has 1 unspecified atom stereocenters. The highest BCUT2D eigenvalue weighted by molar-refractivity contribution is 9.10. The average Bonchev–Trinajstić information content (AvgIpc) is 2.38. The van der Waals surface area contributed by atoms with Crippen molar-refractivity contribution in [1.82, 2.24) is 4.72 Å². The fourth-order valence-electron chi connectivity index (χ4n) is 1.78. The van der Waals surface area contributed by atoms with Crippen LogP contribution in [0.25, 0.3) is 0 Å². The second kappa shape index (κ2) is 7.40. The van der Waals surface area contributed by atoms with Crippen LogP contribution >= 0.6 is 15.9 Å². The van der Waals surface area contributed by atoms with Gasteiger partial charge in [-0.3, -0.25) is 0 Å². The lowest BCUT2D eigenvalue weighted by atomic mass is 10.1. The normalized spacial score (nSPS) is 13.4. The molecule has 114 valence electrons. The number of anilines is 1. The molecular formula is C13H21BrN2O3S. The number of nitrogens with one attached hydrogen (secondary N) is 1. The third-order valence-corrected chi connectivity index (χ3v) is 5.18. The highest BCUT2D eigenvalue weighted by Crippen LogP contribution is 2.26. The lowest BCUT2D eigenvalue weighted by Crippen LogP contribution is -2.26. The number of nitrogen functional groups attached to an aromatic ring is 1. The molecule has 1 rings (SSSR count). The molecule has 1 aromatic carbocycles. The summed E-state index contributed by atoms with van der Waals surface area (Å²) in [7, 11) is -3.56. The van der Waals surface area contributed by atoms with Crippen molar-refractivity contribution in [2.75, 3.05) is 18.9 Å². The van der Waals surface area contributed by atoms with Crippen LogP contribution < -0.4 is 10.5 Å². The van der Waals surface area contributed by atoms with Crippen molar-refractivity contribution in [3.63, 3.8) is 0 Å². The Morgan fingerprint density at radius 3 is 2.70 bits per heavy atom. The third kappa shape index (κ3) is 4.73. The summed E-state index contributed by atoms with van der Waals surface area (Å²) < 4.78 is 27.7. The number of hydrogen-bond acceptors (Lipinski definition) is 4. The second-order valence-corrected chi connectivity index (χ2v) is 7.60. The Morgan fingerprint density at radius 2 is 2.10 bits per heavy atom. The predicted octanol–water partition coefficient (Wildman–Crippen LogP) is 2.03. The summed E-state index contributed by atoms with van der Waals surface area (Å²) >= 11 is 3.25. The van der Waals surface area contributed by atoms with Gasteiger partial charge in [0, 0.05) is 23.3 Å². The SMILES string of the molecule is Cc1c(N)cc(Br)cc1S(=O)(=O)NCCCC(C)CO. The summed E-state index contributed by atoms with van der Waals surface area (Å²) in [4.78, 5) is 0.194. The van der Waals surface area contributed by atoms with Crippen LogP contribution in [0.4, 0.5) is 5.69 Å². The minimum Gasteiger partial charge on any atom is -0.398 e. The molecule has 0 aliphatic rings. The van der Waals surface area contributed by atoms with Gasteiger partial charge in [0.2, 0.25) is 10.0 Å². The van der Waals surface area contributed by atoms with Crippen LogP contribution in [-0.4, -0.2) is 26.7 Å². The van der Waals surface area contributed by atoms with Gasteiger partial charge >= 0.3 is 0 Å². The van der Waals surface area contributed by atoms with E-state index >= 15 is 0 Å². The summed E-state index contributed by atoms with van der Waals surface area (Å²) in [6, 6.07) is 3.22. The molecule has 0 heterocycles. The van der Waals surface area contributed by atoms with E-state index in [2.05, 4.69) is 20.7 Å². The first kappa shape index (κ1) is 17.4. The summed E-state index contributed by atoms with van der Waals surface area (Å²) in [6.07, 6.45) is 1.46. The smallest absolute Gasteiger partial charge is 0.240 e. The van der Waals surface area contributed by atoms with Gasteiger partial charge in [0.05, 0.1) is 4.90 Å². The van der Waals surface area contributed by atoms with Crippen LogP contribution in [-0.2, 0) is 10.0 Å². The number of hydrogen-bond donors (Lipinski definition) is 3. The molecule has 0 fully saturated rings. The fourth-order valence-corrected chi connectivity index (χ4v) is 3.78. The molecule has 0 saturated heterocycles. The number of benzene rings is 1. The van der Waals surface area contributed by atoms with Gasteiger partial charge in [0.15, 0.2) is 0 Å². The molecule has 7 heteroatoms. The molecule has 20 heavy (non-hydrogen) atoms. The van der Waals surface area contributed by atoms with E-state index in [0.29, 0.717) is 28.7 Å². The van der Waals surface area contributed by atoms with E-state index in [1.807, 2.05) is 6.92 Å². The maximum Gasteiger partial charge on any atom is 0.240 e. The van der Waals surface area contributed by atoms with E-state index in [4.69, 9.17) is 10.8 Å². The number of aliphatic hydroxyl groups is 1. The molecule has 1 atom stereocenters. The first-order valence-electron chi connectivity index (χ1n) is 6.44. The molecule has 0 aliphatic heterocycles. The van der Waals surface area contributed by atoms with Gasteiger partial charge in [-0.25, -0.2) is 13.1 Å². The minimum absolute atomic E-state index is 0.119. The van der Waals surface area contributed by atoms with Gasteiger partial charge in [-0.15, -0.1) is 0 Å². The zero-order valence-corrected chi connectivity index (χ0v) is 14.1. The molecule has 0 radical (unpaired) electrons. The Labute approximate surface area is 128 Å². The molecular weight excluding hydrogens is 344 g/mol. The van der Waals surface area contributed by atoms with Crippen LogP contribution in [0.1, 0.15) is 25.3 Å². The van der Waals surface area contributed by atoms with Gasteiger partial charge in [-0.1, -0.05) is 22.9 Å². The van der Waals surface area contributed by atoms with E-state index in [1.54, 1.807) is 19.1 Å². The van der Waals surface area contributed by atoms with Gasteiger partial charge in [0.1, 0.15) is 0 Å². The van der Waals surface area contributed by atoms with Crippen molar-refractivity contribution < 1.29 is 13.5 Å². The van der Waals surface area contributed by atoms with Crippen LogP contribution in [0.15, 0.2) is 21.5 Å². The van der Waals surface area contributed by atoms with Gasteiger partial charge in [-0.2, -0.15) is 0 Å². The first-order chi connectivity index (χ1) is 9.27. The van der Waals surface area contributed by atoms with Gasteiger partial charge < -0.3 is 10.8 Å². The summed E-state index contributed by atoms with van der Waals surface area (Å²) in [6.45, 7) is 4.07. The number of sulfonamides is 1. The summed E-state index contributed by atoms with van der Waals surface area (Å²) in [5, 5.41) is 8.91. The number of aliphatic hydroxyl groups excluding tert-OH is 1. The lowest BCUT2D eigenvalue weighted by molar-refractivity contribution is 0.228. The molecule has 0 aromatic heterocycles. The molecule has 0 bridgehead atoms. The quantitative estimate of drug-likeness (QED) is 0.509. The van der Waals surface area contributed by atoms with E-state index in [1.165, 1.54) is 0 Å². The largest absolute Gasteiger partial charge is 0.398 e. The number of rotatable bonds is 7. The van der Waals surface area contributed by atoms with Crippen LogP contribution in [0.5, 0.6) is 0 Å². The van der Waals surface area contributed by atoms with E-state index in [0.717, 1.165) is 6.42 Å². The monoisotopic (exact) mass is 364 g/mol. The van der Waals surface area contributed by atoms with E-state index in [-0.39, 0.29) is 17.4 Å². The highest BCUT2D eigenvalue weighted by Gasteiger charge is 2.18. The minimum atomic E-state index is -3.56. The Balaban J connectivity index is 2.75. The van der Waals surface area contributed by atoms with Crippen molar-refractivity contribution in [2.24, 2.45) is 5.92 Å². The maximum atomic E-state index is 12.2. The van der Waals surface area contributed by atoms with E-state index in [9.17, 15) is 8.42 Å². The zero-order valence-electron chi connectivity index (χ0n) is 11.7. The highest BCUT2D eigenvalue weighted by atomic mass is 79.9. The van der Waals surface area contributed by atoms with Crippen LogP contribution in [0.3, 0.4) is 0 Å². The van der Waals surface area contributed by atoms with E-state index < -0.39 is 10.0 Å². The van der Waals surface area contributed by atoms with Crippen molar-refractivity contribution in [2.45, 2.75) is 31.6 Å². The van der Waals surface area contributed by atoms with Gasteiger partial charge in [0.25, 0.3) is 0 Å².